The molecule has 2 aromatic heterocycles. The average Bonchev–Trinajstić information content (AvgIpc) is 2.86. The highest BCUT2D eigenvalue weighted by atomic mass is 32.1. The topological polar surface area (TPSA) is 55.0 Å². The maximum atomic E-state index is 12.8. The second-order valence-corrected chi connectivity index (χ2v) is 5.89. The van der Waals surface area contributed by atoms with Gasteiger partial charge in [-0.15, -0.1) is 11.3 Å². The zero-order chi connectivity index (χ0) is 15.2. The zero-order valence-corrected chi connectivity index (χ0v) is 12.0. The summed E-state index contributed by atoms with van der Waals surface area (Å²) < 4.78 is 38.5. The molecule has 2 N–H and O–H groups in total. The third-order valence-corrected chi connectivity index (χ3v) is 4.59. The molecular formula is C13H13F3N4S. The molecule has 0 fully saturated rings. The maximum Gasteiger partial charge on any atom is 0.433 e. The second kappa shape index (κ2) is 4.87. The lowest BCUT2D eigenvalue weighted by molar-refractivity contribution is -0.141. The van der Waals surface area contributed by atoms with Gasteiger partial charge in [-0.3, -0.25) is 0 Å². The van der Waals surface area contributed by atoms with Crippen LogP contribution >= 0.6 is 11.3 Å². The molecule has 0 amide bonds. The Kier molecular flexibility index (Phi) is 3.27. The molecule has 4 nitrogen and oxygen atoms in total. The Bertz CT molecular complexity index is 668. The molecular weight excluding hydrogens is 301 g/mol. The molecule has 1 aliphatic rings. The lowest BCUT2D eigenvalue weighted by atomic mass is 10.0. The molecule has 0 saturated heterocycles. The number of aromatic nitrogens is 2. The van der Waals surface area contributed by atoms with Crippen molar-refractivity contribution < 1.29 is 13.2 Å². The molecule has 0 aromatic carbocycles. The minimum absolute atomic E-state index is 0.0321. The number of nitrogens with two attached hydrogens (primary N) is 1. The highest BCUT2D eigenvalue weighted by Crippen LogP contribution is 2.37. The number of nitrogens with zero attached hydrogens (tertiary/aromatic N) is 3. The first kappa shape index (κ1) is 14.1. The van der Waals surface area contributed by atoms with E-state index in [1.807, 2.05) is 23.3 Å². The second-order valence-electron chi connectivity index (χ2n) is 4.89. The Morgan fingerprint density at radius 2 is 2.14 bits per heavy atom. The summed E-state index contributed by atoms with van der Waals surface area (Å²) in [6, 6.07) is 2.94. The molecule has 0 radical (unpaired) electrons. The van der Waals surface area contributed by atoms with Gasteiger partial charge < -0.3 is 10.6 Å². The minimum atomic E-state index is -4.53. The van der Waals surface area contributed by atoms with E-state index in [1.54, 1.807) is 11.3 Å². The fraction of sp³-hybridized carbons (Fsp3) is 0.385. The van der Waals surface area contributed by atoms with Gasteiger partial charge in [-0.05, 0) is 30.4 Å². The van der Waals surface area contributed by atoms with Gasteiger partial charge in [0.25, 0.3) is 0 Å². The van der Waals surface area contributed by atoms with Gasteiger partial charge in [-0.1, -0.05) is 0 Å². The van der Waals surface area contributed by atoms with Gasteiger partial charge in [0.1, 0.15) is 5.82 Å². The molecule has 0 aliphatic carbocycles. The predicted molar refractivity (Wildman–Crippen MR) is 75.2 cm³/mol. The molecule has 3 rings (SSSR count). The van der Waals surface area contributed by atoms with Crippen LogP contribution in [0.15, 0.2) is 17.5 Å². The number of fused-ring (bicyclic) bond motifs is 1. The van der Waals surface area contributed by atoms with Crippen molar-refractivity contribution in [3.63, 3.8) is 0 Å². The van der Waals surface area contributed by atoms with Crippen molar-refractivity contribution in [1.82, 2.24) is 9.97 Å². The average molecular weight is 314 g/mol. The van der Waals surface area contributed by atoms with Crippen molar-refractivity contribution >= 4 is 23.1 Å². The number of halogens is 3. The summed E-state index contributed by atoms with van der Waals surface area (Å²) in [5.41, 5.74) is 5.57. The largest absolute Gasteiger partial charge is 0.433 e. The molecule has 0 saturated carbocycles. The Hall–Kier alpha value is -1.83. The van der Waals surface area contributed by atoms with E-state index in [1.165, 1.54) is 4.88 Å². The van der Waals surface area contributed by atoms with Gasteiger partial charge in [0.2, 0.25) is 5.95 Å². The SMILES string of the molecule is CC1c2ccsc2CCN1c1cc(C(F)(F)F)nc(N)n1. The molecule has 3 heterocycles. The van der Waals surface area contributed by atoms with Gasteiger partial charge in [0.05, 0.1) is 6.04 Å². The Labute approximate surface area is 123 Å². The van der Waals surface area contributed by atoms with Crippen LogP contribution in [0.1, 0.15) is 29.1 Å². The quantitative estimate of drug-likeness (QED) is 0.878. The Balaban J connectivity index is 2.00. The maximum absolute atomic E-state index is 12.8. The van der Waals surface area contributed by atoms with Crippen LogP contribution in [0.2, 0.25) is 0 Å². The third-order valence-electron chi connectivity index (χ3n) is 3.59. The van der Waals surface area contributed by atoms with Crippen LogP contribution in [0.3, 0.4) is 0 Å². The number of thiophene rings is 1. The van der Waals surface area contributed by atoms with E-state index < -0.39 is 11.9 Å². The summed E-state index contributed by atoms with van der Waals surface area (Å²) in [6.07, 6.45) is -3.74. The van der Waals surface area contributed by atoms with Gasteiger partial charge in [-0.2, -0.15) is 18.2 Å². The number of alkyl halides is 3. The van der Waals surface area contributed by atoms with E-state index in [0.717, 1.165) is 18.1 Å². The first-order chi connectivity index (χ1) is 9.86. The first-order valence-electron chi connectivity index (χ1n) is 6.41. The molecule has 1 unspecified atom stereocenters. The standard InChI is InChI=1S/C13H13F3N4S/c1-7-8-3-5-21-9(8)2-4-20(7)11-6-10(13(14,15)16)18-12(17)19-11/h3,5-7H,2,4H2,1H3,(H2,17,18,19). The monoisotopic (exact) mass is 314 g/mol. The van der Waals surface area contributed by atoms with Crippen molar-refractivity contribution in [2.24, 2.45) is 0 Å². The van der Waals surface area contributed by atoms with Crippen molar-refractivity contribution in [1.29, 1.82) is 0 Å². The fourth-order valence-electron chi connectivity index (χ4n) is 2.57. The smallest absolute Gasteiger partial charge is 0.368 e. The van der Waals surface area contributed by atoms with Crippen molar-refractivity contribution in [3.8, 4) is 0 Å². The third kappa shape index (κ3) is 2.55. The lowest BCUT2D eigenvalue weighted by Crippen LogP contribution is -2.34. The summed E-state index contributed by atoms with van der Waals surface area (Å²) in [5.74, 6) is -0.137. The van der Waals surface area contributed by atoms with E-state index >= 15 is 0 Å². The normalized spacial score (nSPS) is 18.7. The fourth-order valence-corrected chi connectivity index (χ4v) is 3.53. The molecule has 0 spiro atoms. The predicted octanol–water partition coefficient (Wildman–Crippen LogP) is 3.26. The van der Waals surface area contributed by atoms with Gasteiger partial charge in [0.15, 0.2) is 5.69 Å². The van der Waals surface area contributed by atoms with Crippen LogP contribution in [0.5, 0.6) is 0 Å². The van der Waals surface area contributed by atoms with Crippen LogP contribution in [-0.4, -0.2) is 16.5 Å². The highest BCUT2D eigenvalue weighted by molar-refractivity contribution is 7.10. The number of rotatable bonds is 1. The number of nitrogen functional groups attached to an aromatic ring is 1. The highest BCUT2D eigenvalue weighted by Gasteiger charge is 2.35. The molecule has 21 heavy (non-hydrogen) atoms. The van der Waals surface area contributed by atoms with E-state index in [0.29, 0.717) is 6.54 Å². The summed E-state index contributed by atoms with van der Waals surface area (Å²) >= 11 is 1.67. The molecule has 1 atom stereocenters. The summed E-state index contributed by atoms with van der Waals surface area (Å²) in [5, 5.41) is 2.00. The molecule has 2 aromatic rings. The summed E-state index contributed by atoms with van der Waals surface area (Å²) in [4.78, 5) is 10.4. The first-order valence-corrected chi connectivity index (χ1v) is 7.29. The van der Waals surface area contributed by atoms with E-state index in [9.17, 15) is 13.2 Å². The molecule has 112 valence electrons. The van der Waals surface area contributed by atoms with Crippen LogP contribution in [-0.2, 0) is 12.6 Å². The lowest BCUT2D eigenvalue weighted by Gasteiger charge is -2.34. The van der Waals surface area contributed by atoms with E-state index in [2.05, 4.69) is 9.97 Å². The van der Waals surface area contributed by atoms with E-state index in [4.69, 9.17) is 5.73 Å². The van der Waals surface area contributed by atoms with Crippen LogP contribution in [0, 0.1) is 0 Å². The zero-order valence-electron chi connectivity index (χ0n) is 11.2. The van der Waals surface area contributed by atoms with Crippen molar-refractivity contribution in [2.75, 3.05) is 17.2 Å². The van der Waals surface area contributed by atoms with Crippen molar-refractivity contribution in [3.05, 3.63) is 33.6 Å². The van der Waals surface area contributed by atoms with E-state index in [-0.39, 0.29) is 17.8 Å². The molecule has 0 bridgehead atoms. The van der Waals surface area contributed by atoms with Gasteiger partial charge in [-0.25, -0.2) is 4.98 Å². The molecule has 1 aliphatic heterocycles. The Morgan fingerprint density at radius 3 is 2.86 bits per heavy atom. The van der Waals surface area contributed by atoms with Gasteiger partial charge >= 0.3 is 6.18 Å². The van der Waals surface area contributed by atoms with Crippen molar-refractivity contribution in [2.45, 2.75) is 25.6 Å². The minimum Gasteiger partial charge on any atom is -0.368 e. The van der Waals surface area contributed by atoms with Gasteiger partial charge in [0, 0.05) is 17.5 Å². The number of anilines is 2. The Morgan fingerprint density at radius 1 is 1.38 bits per heavy atom. The van der Waals surface area contributed by atoms with Crippen LogP contribution < -0.4 is 10.6 Å². The number of hydrogen-bond donors (Lipinski definition) is 1. The summed E-state index contributed by atoms with van der Waals surface area (Å²) in [6.45, 7) is 2.57. The number of hydrogen-bond acceptors (Lipinski definition) is 5. The summed E-state index contributed by atoms with van der Waals surface area (Å²) in [7, 11) is 0. The molecule has 8 heteroatoms. The van der Waals surface area contributed by atoms with Crippen LogP contribution in [0.4, 0.5) is 24.9 Å². The van der Waals surface area contributed by atoms with Crippen LogP contribution in [0.25, 0.3) is 0 Å².